The van der Waals surface area contributed by atoms with E-state index in [4.69, 9.17) is 4.84 Å². The Kier molecular flexibility index (Phi) is 3.56. The summed E-state index contributed by atoms with van der Waals surface area (Å²) in [6.07, 6.45) is 5.41. The lowest BCUT2D eigenvalue weighted by atomic mass is 9.98. The van der Waals surface area contributed by atoms with Gasteiger partial charge in [0.25, 0.3) is 0 Å². The highest BCUT2D eigenvalue weighted by Gasteiger charge is 2.26. The average molecular weight is 211 g/mol. The Morgan fingerprint density at radius 3 is 2.86 bits per heavy atom. The van der Waals surface area contributed by atoms with Crippen molar-refractivity contribution in [1.29, 1.82) is 0 Å². The van der Waals surface area contributed by atoms with Gasteiger partial charge in [-0.3, -0.25) is 0 Å². The highest BCUT2D eigenvalue weighted by molar-refractivity contribution is 7.10. The Morgan fingerprint density at radius 1 is 1.50 bits per heavy atom. The maximum atomic E-state index is 5.10. The first-order valence-electron chi connectivity index (χ1n) is 5.23. The zero-order valence-electron chi connectivity index (χ0n) is 8.53. The van der Waals surface area contributed by atoms with Crippen molar-refractivity contribution in [3.05, 3.63) is 22.4 Å². The van der Waals surface area contributed by atoms with E-state index in [9.17, 15) is 0 Å². The first-order valence-corrected chi connectivity index (χ1v) is 6.11. The summed E-state index contributed by atoms with van der Waals surface area (Å²) in [5.74, 6) is 0.758. The Labute approximate surface area is 89.2 Å². The number of hydrogen-bond donors (Lipinski definition) is 1. The Hall–Kier alpha value is -0.380. The van der Waals surface area contributed by atoms with E-state index < -0.39 is 0 Å². The van der Waals surface area contributed by atoms with Crippen molar-refractivity contribution < 1.29 is 4.84 Å². The molecule has 0 aliphatic heterocycles. The lowest BCUT2D eigenvalue weighted by Gasteiger charge is -2.22. The van der Waals surface area contributed by atoms with Gasteiger partial charge in [-0.15, -0.1) is 11.3 Å². The number of thiophene rings is 1. The molecule has 2 rings (SSSR count). The van der Waals surface area contributed by atoms with Crippen LogP contribution in [0.2, 0.25) is 0 Å². The molecule has 1 heterocycles. The minimum Gasteiger partial charge on any atom is -0.304 e. The Balaban J connectivity index is 2.06. The van der Waals surface area contributed by atoms with Gasteiger partial charge in [-0.05, 0) is 30.2 Å². The lowest BCUT2D eigenvalue weighted by Crippen LogP contribution is -2.25. The van der Waals surface area contributed by atoms with E-state index in [-0.39, 0.29) is 0 Å². The van der Waals surface area contributed by atoms with Crippen molar-refractivity contribution in [1.82, 2.24) is 5.48 Å². The van der Waals surface area contributed by atoms with E-state index in [1.54, 1.807) is 7.11 Å². The van der Waals surface area contributed by atoms with E-state index in [0.717, 1.165) is 5.92 Å². The van der Waals surface area contributed by atoms with Gasteiger partial charge in [0.1, 0.15) is 0 Å². The fraction of sp³-hybridized carbons (Fsp3) is 0.636. The van der Waals surface area contributed by atoms with Crippen molar-refractivity contribution in [2.24, 2.45) is 5.92 Å². The van der Waals surface area contributed by atoms with Crippen LogP contribution in [-0.4, -0.2) is 7.11 Å². The molecule has 1 aliphatic rings. The van der Waals surface area contributed by atoms with Crippen LogP contribution < -0.4 is 5.48 Å². The normalized spacial score (nSPS) is 20.1. The van der Waals surface area contributed by atoms with Crippen LogP contribution in [0, 0.1) is 5.92 Å². The number of nitrogens with one attached hydrogen (secondary N) is 1. The average Bonchev–Trinajstić information content (AvgIpc) is 2.87. The number of rotatable bonds is 4. The molecule has 0 bridgehead atoms. The van der Waals surface area contributed by atoms with Crippen LogP contribution in [0.5, 0.6) is 0 Å². The molecule has 78 valence electrons. The molecule has 0 aromatic carbocycles. The molecule has 1 saturated carbocycles. The fourth-order valence-corrected chi connectivity index (χ4v) is 3.13. The number of hydroxylamine groups is 1. The lowest BCUT2D eigenvalue weighted by molar-refractivity contribution is 0.0425. The quantitative estimate of drug-likeness (QED) is 0.773. The van der Waals surface area contributed by atoms with Crippen molar-refractivity contribution in [3.8, 4) is 0 Å². The molecule has 1 aromatic rings. The van der Waals surface area contributed by atoms with E-state index in [0.29, 0.717) is 6.04 Å². The number of hydrogen-bond acceptors (Lipinski definition) is 3. The SMILES string of the molecule is CON[C@@H](c1cccs1)C1CCCC1. The molecule has 1 atom stereocenters. The fourth-order valence-electron chi connectivity index (χ4n) is 2.27. The predicted octanol–water partition coefficient (Wildman–Crippen LogP) is 3.13. The summed E-state index contributed by atoms with van der Waals surface area (Å²) in [5, 5.41) is 2.13. The van der Waals surface area contributed by atoms with Crippen molar-refractivity contribution in [2.75, 3.05) is 7.11 Å². The molecule has 2 nitrogen and oxygen atoms in total. The highest BCUT2D eigenvalue weighted by atomic mass is 32.1. The third-order valence-electron chi connectivity index (χ3n) is 2.97. The Bertz CT molecular complexity index is 254. The molecule has 0 radical (unpaired) electrons. The second kappa shape index (κ2) is 4.91. The second-order valence-corrected chi connectivity index (χ2v) is 4.84. The largest absolute Gasteiger partial charge is 0.304 e. The van der Waals surface area contributed by atoms with Gasteiger partial charge in [0.2, 0.25) is 0 Å². The molecule has 0 unspecified atom stereocenters. The van der Waals surface area contributed by atoms with Gasteiger partial charge in [0, 0.05) is 4.88 Å². The Morgan fingerprint density at radius 2 is 2.29 bits per heavy atom. The second-order valence-electron chi connectivity index (χ2n) is 3.86. The third-order valence-corrected chi connectivity index (χ3v) is 3.92. The molecule has 1 N–H and O–H groups in total. The van der Waals surface area contributed by atoms with Gasteiger partial charge in [0.05, 0.1) is 13.2 Å². The summed E-state index contributed by atoms with van der Waals surface area (Å²) in [7, 11) is 1.70. The van der Waals surface area contributed by atoms with E-state index in [1.165, 1.54) is 30.6 Å². The minimum atomic E-state index is 0.405. The molecule has 3 heteroatoms. The standard InChI is InChI=1S/C11H17NOS/c1-13-12-11(9-5-2-3-6-9)10-7-4-8-14-10/h4,7-9,11-12H,2-3,5-6H2,1H3/t11-/m1/s1. The van der Waals surface area contributed by atoms with Crippen molar-refractivity contribution in [3.63, 3.8) is 0 Å². The van der Waals surface area contributed by atoms with Gasteiger partial charge >= 0.3 is 0 Å². The first kappa shape index (κ1) is 10.1. The highest BCUT2D eigenvalue weighted by Crippen LogP contribution is 2.37. The predicted molar refractivity (Wildman–Crippen MR) is 59.2 cm³/mol. The summed E-state index contributed by atoms with van der Waals surface area (Å²) < 4.78 is 0. The monoisotopic (exact) mass is 211 g/mol. The molecule has 1 aliphatic carbocycles. The van der Waals surface area contributed by atoms with Gasteiger partial charge in [-0.25, -0.2) is 0 Å². The maximum Gasteiger partial charge on any atom is 0.0692 e. The van der Waals surface area contributed by atoms with Crippen LogP contribution in [0.3, 0.4) is 0 Å². The van der Waals surface area contributed by atoms with Crippen LogP contribution in [0.4, 0.5) is 0 Å². The minimum absolute atomic E-state index is 0.405. The van der Waals surface area contributed by atoms with E-state index in [2.05, 4.69) is 23.0 Å². The van der Waals surface area contributed by atoms with E-state index in [1.807, 2.05) is 11.3 Å². The van der Waals surface area contributed by atoms with Crippen LogP contribution in [0.1, 0.15) is 36.6 Å². The molecule has 0 saturated heterocycles. The van der Waals surface area contributed by atoms with Crippen molar-refractivity contribution >= 4 is 11.3 Å². The molecule has 1 aromatic heterocycles. The molecule has 0 amide bonds. The van der Waals surface area contributed by atoms with Crippen molar-refractivity contribution in [2.45, 2.75) is 31.7 Å². The van der Waals surface area contributed by atoms with Gasteiger partial charge in [0.15, 0.2) is 0 Å². The zero-order valence-corrected chi connectivity index (χ0v) is 9.35. The summed E-state index contributed by atoms with van der Waals surface area (Å²) >= 11 is 1.82. The third kappa shape index (κ3) is 2.16. The van der Waals surface area contributed by atoms with E-state index >= 15 is 0 Å². The van der Waals surface area contributed by atoms with Crippen LogP contribution in [0.25, 0.3) is 0 Å². The molecule has 14 heavy (non-hydrogen) atoms. The summed E-state index contributed by atoms with van der Waals surface area (Å²) in [6, 6.07) is 4.71. The molecule has 1 fully saturated rings. The maximum absolute atomic E-state index is 5.10. The van der Waals surface area contributed by atoms with Crippen LogP contribution >= 0.6 is 11.3 Å². The van der Waals surface area contributed by atoms with Gasteiger partial charge < -0.3 is 4.84 Å². The zero-order chi connectivity index (χ0) is 9.80. The first-order chi connectivity index (χ1) is 6.92. The van der Waals surface area contributed by atoms with Gasteiger partial charge in [-0.1, -0.05) is 18.9 Å². The molecular formula is C11H17NOS. The summed E-state index contributed by atoms with van der Waals surface area (Å²) in [4.78, 5) is 6.50. The summed E-state index contributed by atoms with van der Waals surface area (Å²) in [6.45, 7) is 0. The van der Waals surface area contributed by atoms with Crippen LogP contribution in [-0.2, 0) is 4.84 Å². The molecular weight excluding hydrogens is 194 g/mol. The smallest absolute Gasteiger partial charge is 0.0692 e. The molecule has 0 spiro atoms. The summed E-state index contributed by atoms with van der Waals surface area (Å²) in [5.41, 5.74) is 3.14. The topological polar surface area (TPSA) is 21.3 Å². The van der Waals surface area contributed by atoms with Gasteiger partial charge in [-0.2, -0.15) is 5.48 Å². The van der Waals surface area contributed by atoms with Crippen LogP contribution in [0.15, 0.2) is 17.5 Å².